The molecule has 2 aromatic heterocycles. The normalized spacial score (nSPS) is 20.2. The molecule has 2 fully saturated rings. The van der Waals surface area contributed by atoms with E-state index in [2.05, 4.69) is 42.6 Å². The van der Waals surface area contributed by atoms with Gasteiger partial charge in [-0.25, -0.2) is 9.97 Å². The van der Waals surface area contributed by atoms with Crippen LogP contribution in [0.25, 0.3) is 0 Å². The van der Waals surface area contributed by atoms with Crippen LogP contribution in [0.4, 0.5) is 11.6 Å². The minimum atomic E-state index is 0.688. The number of anilines is 2. The number of hydrogen-bond acceptors (Lipinski definition) is 6. The van der Waals surface area contributed by atoms with Crippen LogP contribution in [0.15, 0.2) is 36.9 Å². The highest BCUT2D eigenvalue weighted by molar-refractivity contribution is 5.51. The molecule has 0 N–H and O–H groups in total. The van der Waals surface area contributed by atoms with Crippen molar-refractivity contribution in [2.75, 3.05) is 49.1 Å². The van der Waals surface area contributed by atoms with Crippen molar-refractivity contribution in [3.63, 3.8) is 0 Å². The number of hydrogen-bond donors (Lipinski definition) is 0. The van der Waals surface area contributed by atoms with Crippen molar-refractivity contribution >= 4 is 11.6 Å². The van der Waals surface area contributed by atoms with Gasteiger partial charge < -0.3 is 9.80 Å². The Morgan fingerprint density at radius 2 is 1.69 bits per heavy atom. The largest absolute Gasteiger partial charge is 0.370 e. The van der Waals surface area contributed by atoms with Crippen LogP contribution in [-0.4, -0.2) is 65.2 Å². The Hall–Kier alpha value is -2.21. The number of aryl methyl sites for hydroxylation is 1. The molecule has 0 atom stereocenters. The maximum atomic E-state index is 4.40. The van der Waals surface area contributed by atoms with Crippen LogP contribution in [0.1, 0.15) is 24.8 Å². The lowest BCUT2D eigenvalue weighted by Crippen LogP contribution is -2.46. The van der Waals surface area contributed by atoms with E-state index in [9.17, 15) is 0 Å². The van der Waals surface area contributed by atoms with E-state index in [1.807, 2.05) is 30.9 Å². The van der Waals surface area contributed by atoms with Gasteiger partial charge in [0.15, 0.2) is 0 Å². The van der Waals surface area contributed by atoms with Gasteiger partial charge in [0.1, 0.15) is 0 Å². The van der Waals surface area contributed by atoms with Gasteiger partial charge in [-0.15, -0.1) is 0 Å². The molecule has 26 heavy (non-hydrogen) atoms. The second kappa shape index (κ2) is 7.99. The molecule has 0 unspecified atom stereocenters. The SMILES string of the molecule is Cc1cnccc1N1CCCN(C2CCN(c3ncccn3)CC2)CC1. The Balaban J connectivity index is 1.33. The second-order valence-electron chi connectivity index (χ2n) is 7.31. The van der Waals surface area contributed by atoms with Crippen molar-refractivity contribution in [3.05, 3.63) is 42.5 Å². The third kappa shape index (κ3) is 3.80. The summed E-state index contributed by atoms with van der Waals surface area (Å²) in [7, 11) is 0. The zero-order valence-corrected chi connectivity index (χ0v) is 15.6. The van der Waals surface area contributed by atoms with E-state index >= 15 is 0 Å². The first-order chi connectivity index (χ1) is 12.8. The molecule has 0 aromatic carbocycles. The first-order valence-corrected chi connectivity index (χ1v) is 9.73. The molecule has 2 aliphatic heterocycles. The van der Waals surface area contributed by atoms with E-state index in [-0.39, 0.29) is 0 Å². The Labute approximate surface area is 155 Å². The monoisotopic (exact) mass is 352 g/mol. The van der Waals surface area contributed by atoms with E-state index in [1.165, 1.54) is 37.1 Å². The van der Waals surface area contributed by atoms with Crippen LogP contribution < -0.4 is 9.80 Å². The summed E-state index contributed by atoms with van der Waals surface area (Å²) in [5.41, 5.74) is 2.62. The highest BCUT2D eigenvalue weighted by Crippen LogP contribution is 2.24. The Morgan fingerprint density at radius 1 is 0.885 bits per heavy atom. The molecule has 2 aromatic rings. The average Bonchev–Trinajstić information content (AvgIpc) is 2.95. The van der Waals surface area contributed by atoms with E-state index in [1.54, 1.807) is 0 Å². The first kappa shape index (κ1) is 17.2. The van der Waals surface area contributed by atoms with E-state index < -0.39 is 0 Å². The molecule has 0 amide bonds. The molecule has 0 saturated carbocycles. The van der Waals surface area contributed by atoms with Crippen LogP contribution in [0, 0.1) is 6.92 Å². The van der Waals surface area contributed by atoms with Crippen LogP contribution in [-0.2, 0) is 0 Å². The fourth-order valence-electron chi connectivity index (χ4n) is 4.25. The lowest BCUT2D eigenvalue weighted by Gasteiger charge is -2.38. The van der Waals surface area contributed by atoms with E-state index in [4.69, 9.17) is 0 Å². The third-order valence-corrected chi connectivity index (χ3v) is 5.68. The highest BCUT2D eigenvalue weighted by Gasteiger charge is 2.27. The van der Waals surface area contributed by atoms with Crippen LogP contribution in [0.3, 0.4) is 0 Å². The number of pyridine rings is 1. The Morgan fingerprint density at radius 3 is 2.46 bits per heavy atom. The average molecular weight is 352 g/mol. The predicted molar refractivity (Wildman–Crippen MR) is 105 cm³/mol. The quantitative estimate of drug-likeness (QED) is 0.845. The molecular weight excluding hydrogens is 324 g/mol. The minimum absolute atomic E-state index is 0.688. The zero-order chi connectivity index (χ0) is 17.8. The topological polar surface area (TPSA) is 48.4 Å². The molecule has 138 valence electrons. The van der Waals surface area contributed by atoms with E-state index in [0.717, 1.165) is 38.7 Å². The van der Waals surface area contributed by atoms with Gasteiger partial charge in [-0.05, 0) is 43.9 Å². The van der Waals surface area contributed by atoms with Crippen molar-refractivity contribution in [1.82, 2.24) is 19.9 Å². The smallest absolute Gasteiger partial charge is 0.225 e. The summed E-state index contributed by atoms with van der Waals surface area (Å²) >= 11 is 0. The Kier molecular flexibility index (Phi) is 5.29. The maximum Gasteiger partial charge on any atom is 0.225 e. The van der Waals surface area contributed by atoms with Crippen LogP contribution >= 0.6 is 0 Å². The Bertz CT molecular complexity index is 698. The van der Waals surface area contributed by atoms with Gasteiger partial charge in [-0.2, -0.15) is 0 Å². The van der Waals surface area contributed by atoms with Gasteiger partial charge in [0.25, 0.3) is 0 Å². The van der Waals surface area contributed by atoms with Crippen molar-refractivity contribution in [3.8, 4) is 0 Å². The van der Waals surface area contributed by atoms with Gasteiger partial charge in [0, 0.05) is 75.8 Å². The molecule has 6 nitrogen and oxygen atoms in total. The summed E-state index contributed by atoms with van der Waals surface area (Å²) in [6.45, 7) is 8.86. The molecular formula is C20H28N6. The fourth-order valence-corrected chi connectivity index (χ4v) is 4.25. The molecule has 4 heterocycles. The van der Waals surface area contributed by atoms with Gasteiger partial charge in [0.2, 0.25) is 5.95 Å². The summed E-state index contributed by atoms with van der Waals surface area (Å²) in [6, 6.07) is 4.72. The molecule has 0 bridgehead atoms. The molecule has 2 saturated heterocycles. The third-order valence-electron chi connectivity index (χ3n) is 5.68. The minimum Gasteiger partial charge on any atom is -0.370 e. The van der Waals surface area contributed by atoms with Crippen molar-refractivity contribution in [1.29, 1.82) is 0 Å². The van der Waals surface area contributed by atoms with Gasteiger partial charge in [0.05, 0.1) is 0 Å². The number of aromatic nitrogens is 3. The molecule has 6 heteroatoms. The zero-order valence-electron chi connectivity index (χ0n) is 15.6. The van der Waals surface area contributed by atoms with Crippen molar-refractivity contribution < 1.29 is 0 Å². The molecule has 0 radical (unpaired) electrons. The molecule has 0 aliphatic carbocycles. The van der Waals surface area contributed by atoms with Gasteiger partial charge in [-0.3, -0.25) is 9.88 Å². The van der Waals surface area contributed by atoms with Crippen LogP contribution in [0.2, 0.25) is 0 Å². The van der Waals surface area contributed by atoms with Crippen molar-refractivity contribution in [2.45, 2.75) is 32.2 Å². The molecule has 2 aliphatic rings. The lowest BCUT2D eigenvalue weighted by atomic mass is 10.0. The van der Waals surface area contributed by atoms with Crippen LogP contribution in [0.5, 0.6) is 0 Å². The fraction of sp³-hybridized carbons (Fsp3) is 0.550. The maximum absolute atomic E-state index is 4.40. The van der Waals surface area contributed by atoms with E-state index in [0.29, 0.717) is 6.04 Å². The number of rotatable bonds is 3. The van der Waals surface area contributed by atoms with Crippen molar-refractivity contribution in [2.24, 2.45) is 0 Å². The predicted octanol–water partition coefficient (Wildman–Crippen LogP) is 2.36. The van der Waals surface area contributed by atoms with Gasteiger partial charge >= 0.3 is 0 Å². The summed E-state index contributed by atoms with van der Waals surface area (Å²) in [6.07, 6.45) is 11.2. The molecule has 4 rings (SSSR count). The first-order valence-electron chi connectivity index (χ1n) is 9.73. The molecule has 0 spiro atoms. The summed E-state index contributed by atoms with van der Waals surface area (Å²) < 4.78 is 0. The number of piperidine rings is 1. The summed E-state index contributed by atoms with van der Waals surface area (Å²) in [5.74, 6) is 0.876. The van der Waals surface area contributed by atoms with Gasteiger partial charge in [-0.1, -0.05) is 0 Å². The highest BCUT2D eigenvalue weighted by atomic mass is 15.3. The summed E-state index contributed by atoms with van der Waals surface area (Å²) in [4.78, 5) is 20.6. The lowest BCUT2D eigenvalue weighted by molar-refractivity contribution is 0.180. The summed E-state index contributed by atoms with van der Waals surface area (Å²) in [5, 5.41) is 0. The standard InChI is InChI=1S/C20H28N6/c1-17-16-21-9-4-19(17)25-11-3-10-24(14-15-25)18-5-12-26(13-6-18)20-22-7-2-8-23-20/h2,4,7-9,16,18H,3,5-6,10-15H2,1H3. The number of nitrogens with zero attached hydrogens (tertiary/aromatic N) is 6. The second-order valence-corrected chi connectivity index (χ2v) is 7.31.